The van der Waals surface area contributed by atoms with Gasteiger partial charge in [-0.3, -0.25) is 4.79 Å². The number of nitrogens with zero attached hydrogens (tertiary/aromatic N) is 1. The molecule has 2 aromatic rings. The predicted octanol–water partition coefficient (Wildman–Crippen LogP) is 3.15. The van der Waals surface area contributed by atoms with Gasteiger partial charge in [0.15, 0.2) is 0 Å². The van der Waals surface area contributed by atoms with Crippen molar-refractivity contribution in [1.29, 1.82) is 0 Å². The fourth-order valence-corrected chi connectivity index (χ4v) is 2.32. The van der Waals surface area contributed by atoms with Crippen molar-refractivity contribution in [3.8, 4) is 0 Å². The van der Waals surface area contributed by atoms with Gasteiger partial charge in [0.1, 0.15) is 5.82 Å². The van der Waals surface area contributed by atoms with Gasteiger partial charge in [-0.15, -0.1) is 11.3 Å². The minimum Gasteiger partial charge on any atom is -0.478 e. The van der Waals surface area contributed by atoms with Gasteiger partial charge in [0.05, 0.1) is 14.9 Å². The molecule has 20 heavy (non-hydrogen) atoms. The lowest BCUT2D eigenvalue weighted by atomic mass is 10.3. The molecule has 2 N–H and O–H groups in total. The van der Waals surface area contributed by atoms with Gasteiger partial charge in [0, 0.05) is 6.08 Å². The summed E-state index contributed by atoms with van der Waals surface area (Å²) in [6.45, 7) is 0. The zero-order valence-electron chi connectivity index (χ0n) is 10.0. The van der Waals surface area contributed by atoms with Crippen molar-refractivity contribution < 1.29 is 14.7 Å². The zero-order valence-corrected chi connectivity index (χ0v) is 11.6. The first-order valence-corrected chi connectivity index (χ1v) is 6.69. The molecule has 0 unspecified atom stereocenters. The summed E-state index contributed by atoms with van der Waals surface area (Å²) in [5.41, 5.74) is 0.439. The number of aliphatic carboxylic acids is 1. The van der Waals surface area contributed by atoms with Crippen LogP contribution < -0.4 is 5.32 Å². The zero-order chi connectivity index (χ0) is 14.5. The van der Waals surface area contributed by atoms with Gasteiger partial charge in [-0.05, 0) is 30.3 Å². The third-order valence-corrected chi connectivity index (χ3v) is 3.44. The Kier molecular flexibility index (Phi) is 4.49. The summed E-state index contributed by atoms with van der Waals surface area (Å²) in [6.07, 6.45) is 2.33. The van der Waals surface area contributed by atoms with Crippen LogP contribution in [0, 0.1) is 0 Å². The Morgan fingerprint density at radius 1 is 1.30 bits per heavy atom. The normalized spacial score (nSPS) is 10.7. The monoisotopic (exact) mass is 308 g/mol. The molecular formula is C13H9ClN2O3S. The molecule has 0 bridgehead atoms. The van der Waals surface area contributed by atoms with Crippen molar-refractivity contribution in [2.24, 2.45) is 0 Å². The van der Waals surface area contributed by atoms with E-state index in [0.29, 0.717) is 20.7 Å². The Hall–Kier alpha value is -2.18. The first-order chi connectivity index (χ1) is 9.54. The van der Waals surface area contributed by atoms with Gasteiger partial charge >= 0.3 is 5.97 Å². The largest absolute Gasteiger partial charge is 0.478 e. The molecule has 0 atom stereocenters. The predicted molar refractivity (Wildman–Crippen MR) is 78.2 cm³/mol. The van der Waals surface area contributed by atoms with E-state index in [1.165, 1.54) is 17.4 Å². The first-order valence-electron chi connectivity index (χ1n) is 5.49. The molecule has 0 aliphatic rings. The number of thiophene rings is 1. The van der Waals surface area contributed by atoms with Crippen molar-refractivity contribution in [2.75, 3.05) is 5.32 Å². The molecule has 0 aromatic carbocycles. The Bertz CT molecular complexity index is 682. The number of carboxylic acid groups (broad SMARTS) is 1. The van der Waals surface area contributed by atoms with Crippen molar-refractivity contribution in [1.82, 2.24) is 4.98 Å². The summed E-state index contributed by atoms with van der Waals surface area (Å²) in [7, 11) is 0. The molecule has 0 spiro atoms. The van der Waals surface area contributed by atoms with E-state index < -0.39 is 5.97 Å². The quantitative estimate of drug-likeness (QED) is 0.850. The third kappa shape index (κ3) is 3.91. The highest BCUT2D eigenvalue weighted by atomic mass is 35.5. The minimum absolute atomic E-state index is 0.311. The molecule has 0 saturated carbocycles. The second-order valence-electron chi connectivity index (χ2n) is 3.68. The molecule has 0 fully saturated rings. The van der Waals surface area contributed by atoms with Crippen molar-refractivity contribution in [3.05, 3.63) is 51.3 Å². The Morgan fingerprint density at radius 3 is 2.75 bits per heavy atom. The maximum Gasteiger partial charge on any atom is 0.328 e. The second-order valence-corrected chi connectivity index (χ2v) is 5.39. The van der Waals surface area contributed by atoms with E-state index in [4.69, 9.17) is 16.7 Å². The molecule has 5 nitrogen and oxygen atoms in total. The number of hydrogen-bond donors (Lipinski definition) is 2. The highest BCUT2D eigenvalue weighted by Gasteiger charge is 2.09. The van der Waals surface area contributed by atoms with Crippen LogP contribution in [-0.4, -0.2) is 22.0 Å². The van der Waals surface area contributed by atoms with E-state index in [9.17, 15) is 9.59 Å². The van der Waals surface area contributed by atoms with Crippen LogP contribution in [0.1, 0.15) is 15.4 Å². The number of nitrogens with one attached hydrogen (secondary N) is 1. The van der Waals surface area contributed by atoms with Crippen LogP contribution in [0.2, 0.25) is 4.34 Å². The van der Waals surface area contributed by atoms with Gasteiger partial charge in [0.2, 0.25) is 0 Å². The molecule has 0 aliphatic heterocycles. The summed E-state index contributed by atoms with van der Waals surface area (Å²) in [5, 5.41) is 11.2. The van der Waals surface area contributed by atoms with Crippen LogP contribution >= 0.6 is 22.9 Å². The van der Waals surface area contributed by atoms with Gasteiger partial charge in [0.25, 0.3) is 5.91 Å². The number of rotatable bonds is 4. The number of carbonyl (C=O) groups is 2. The average molecular weight is 309 g/mol. The fourth-order valence-electron chi connectivity index (χ4n) is 1.38. The van der Waals surface area contributed by atoms with E-state index in [1.54, 1.807) is 30.3 Å². The van der Waals surface area contributed by atoms with Crippen molar-refractivity contribution in [3.63, 3.8) is 0 Å². The van der Waals surface area contributed by atoms with Gasteiger partial charge < -0.3 is 10.4 Å². The maximum atomic E-state index is 11.9. The van der Waals surface area contributed by atoms with E-state index in [2.05, 4.69) is 10.3 Å². The lowest BCUT2D eigenvalue weighted by molar-refractivity contribution is -0.131. The number of pyridine rings is 1. The van der Waals surface area contributed by atoms with Crippen LogP contribution in [0.25, 0.3) is 6.08 Å². The number of halogens is 1. The summed E-state index contributed by atoms with van der Waals surface area (Å²) >= 11 is 6.93. The van der Waals surface area contributed by atoms with Crippen molar-refractivity contribution in [2.45, 2.75) is 0 Å². The Balaban J connectivity index is 2.11. The second kappa shape index (κ2) is 6.31. The number of carbonyl (C=O) groups excluding carboxylic acids is 1. The molecule has 2 aromatic heterocycles. The SMILES string of the molecule is O=C(O)C=Cc1cccc(NC(=O)c2ccc(Cl)s2)n1. The van der Waals surface area contributed by atoms with Crippen LogP contribution in [0.3, 0.4) is 0 Å². The molecule has 1 amide bonds. The standard InChI is InChI=1S/C13H9ClN2O3S/c14-10-6-5-9(20-10)13(19)16-11-3-1-2-8(15-11)4-7-12(17)18/h1-7H,(H,17,18)(H,15,16,19). The molecule has 2 heterocycles. The van der Waals surface area contributed by atoms with Gasteiger partial charge in [-0.2, -0.15) is 0 Å². The number of amides is 1. The molecule has 7 heteroatoms. The highest BCUT2D eigenvalue weighted by molar-refractivity contribution is 7.18. The molecule has 0 aliphatic carbocycles. The summed E-state index contributed by atoms with van der Waals surface area (Å²) in [6, 6.07) is 8.19. The van der Waals surface area contributed by atoms with Gasteiger partial charge in [-0.25, -0.2) is 9.78 Å². The number of aromatic nitrogens is 1. The Labute approximate surface area is 123 Å². The van der Waals surface area contributed by atoms with Crippen molar-refractivity contribution >= 4 is 46.7 Å². The molecular weight excluding hydrogens is 300 g/mol. The fraction of sp³-hybridized carbons (Fsp3) is 0. The minimum atomic E-state index is -1.06. The smallest absolute Gasteiger partial charge is 0.328 e. The van der Waals surface area contributed by atoms with E-state index >= 15 is 0 Å². The summed E-state index contributed by atoms with van der Waals surface area (Å²) in [4.78, 5) is 26.9. The van der Waals surface area contributed by atoms with E-state index in [0.717, 1.165) is 6.08 Å². The topological polar surface area (TPSA) is 79.3 Å². The van der Waals surface area contributed by atoms with Crippen LogP contribution in [-0.2, 0) is 4.79 Å². The third-order valence-electron chi connectivity index (χ3n) is 2.21. The van der Waals surface area contributed by atoms with Crippen LogP contribution in [0.4, 0.5) is 5.82 Å². The first kappa shape index (κ1) is 14.2. The molecule has 0 radical (unpaired) electrons. The lowest BCUT2D eigenvalue weighted by Crippen LogP contribution is -2.11. The molecule has 102 valence electrons. The van der Waals surface area contributed by atoms with Crippen LogP contribution in [0.5, 0.6) is 0 Å². The average Bonchev–Trinajstić information content (AvgIpc) is 2.84. The van der Waals surface area contributed by atoms with Gasteiger partial charge in [-0.1, -0.05) is 17.7 Å². The summed E-state index contributed by atoms with van der Waals surface area (Å²) < 4.78 is 0.529. The molecule has 2 rings (SSSR count). The molecule has 0 saturated heterocycles. The van der Waals surface area contributed by atoms with E-state index in [1.807, 2.05) is 0 Å². The summed E-state index contributed by atoms with van der Waals surface area (Å²) in [5.74, 6) is -1.03. The van der Waals surface area contributed by atoms with E-state index in [-0.39, 0.29) is 5.91 Å². The Morgan fingerprint density at radius 2 is 2.10 bits per heavy atom. The maximum absolute atomic E-state index is 11.9. The lowest BCUT2D eigenvalue weighted by Gasteiger charge is -2.03. The number of anilines is 1. The number of carboxylic acids is 1. The number of hydrogen-bond acceptors (Lipinski definition) is 4. The van der Waals surface area contributed by atoms with Crippen LogP contribution in [0.15, 0.2) is 36.4 Å². The highest BCUT2D eigenvalue weighted by Crippen LogP contribution is 2.22.